The van der Waals surface area contributed by atoms with Crippen molar-refractivity contribution in [1.82, 2.24) is 24.8 Å². The molecule has 33 heavy (non-hydrogen) atoms. The highest BCUT2D eigenvalue weighted by Crippen LogP contribution is 2.31. The highest BCUT2D eigenvalue weighted by Gasteiger charge is 2.15. The van der Waals surface area contributed by atoms with Crippen LogP contribution in [0.1, 0.15) is 18.1 Å². The third-order valence-corrected chi connectivity index (χ3v) is 6.66. The van der Waals surface area contributed by atoms with E-state index in [9.17, 15) is 4.79 Å². The van der Waals surface area contributed by atoms with Crippen LogP contribution in [-0.4, -0.2) is 36.4 Å². The Hall–Kier alpha value is -3.65. The predicted octanol–water partition coefficient (Wildman–Crippen LogP) is 5.14. The van der Waals surface area contributed by atoms with Crippen LogP contribution in [0.4, 0.5) is 5.69 Å². The van der Waals surface area contributed by atoms with E-state index in [0.717, 1.165) is 34.4 Å². The van der Waals surface area contributed by atoms with E-state index >= 15 is 0 Å². The number of tetrazole rings is 1. The second-order valence-electron chi connectivity index (χ2n) is 7.99. The Labute approximate surface area is 195 Å². The van der Waals surface area contributed by atoms with Gasteiger partial charge in [0.05, 0.1) is 11.4 Å². The van der Waals surface area contributed by atoms with E-state index in [1.54, 1.807) is 4.68 Å². The molecule has 0 aliphatic carbocycles. The fourth-order valence-corrected chi connectivity index (χ4v) is 4.85. The predicted molar refractivity (Wildman–Crippen MR) is 133 cm³/mol. The maximum atomic E-state index is 12.7. The lowest BCUT2D eigenvalue weighted by Crippen LogP contribution is -2.14. The standard InChI is InChI=1S/C25H24N6OS/c1-4-30-21-8-6-5-7-19(21)20-14-18(11-12-22(20)30)26-24(32)15-33-25-27-28-29-31(25)23-13-16(2)9-10-17(23)3/h5-14H,4,15H2,1-3H3,(H,26,32). The van der Waals surface area contributed by atoms with Gasteiger partial charge in [-0.2, -0.15) is 4.68 Å². The van der Waals surface area contributed by atoms with Gasteiger partial charge in [-0.15, -0.1) is 5.10 Å². The van der Waals surface area contributed by atoms with Gasteiger partial charge in [0.2, 0.25) is 11.1 Å². The van der Waals surface area contributed by atoms with Crippen LogP contribution in [0.25, 0.3) is 27.5 Å². The first-order valence-corrected chi connectivity index (χ1v) is 11.8. The highest BCUT2D eigenvalue weighted by atomic mass is 32.2. The molecule has 0 fully saturated rings. The fourth-order valence-electron chi connectivity index (χ4n) is 4.17. The number of anilines is 1. The molecule has 5 rings (SSSR count). The van der Waals surface area contributed by atoms with E-state index in [1.807, 2.05) is 44.2 Å². The number of carbonyl (C=O) groups is 1. The van der Waals surface area contributed by atoms with Gasteiger partial charge in [0, 0.05) is 34.0 Å². The molecule has 0 saturated heterocycles. The number of carbonyl (C=O) groups excluding carboxylic acids is 1. The van der Waals surface area contributed by atoms with E-state index in [1.165, 1.54) is 28.2 Å². The summed E-state index contributed by atoms with van der Waals surface area (Å²) in [5, 5.41) is 18.0. The quantitative estimate of drug-likeness (QED) is 0.358. The number of aromatic nitrogens is 5. The van der Waals surface area contributed by atoms with E-state index in [0.29, 0.717) is 5.16 Å². The molecule has 2 aromatic heterocycles. The average molecular weight is 457 g/mol. The molecule has 7 nitrogen and oxygen atoms in total. The Morgan fingerprint density at radius 3 is 2.67 bits per heavy atom. The molecule has 0 aliphatic rings. The number of rotatable bonds is 6. The van der Waals surface area contributed by atoms with Crippen LogP contribution in [0, 0.1) is 13.8 Å². The van der Waals surface area contributed by atoms with Crippen molar-refractivity contribution < 1.29 is 4.79 Å². The van der Waals surface area contributed by atoms with E-state index < -0.39 is 0 Å². The SMILES string of the molecule is CCn1c2ccccc2c2cc(NC(=O)CSc3nnnn3-c3cc(C)ccc3C)ccc21. The Balaban J connectivity index is 1.34. The average Bonchev–Trinajstić information content (AvgIpc) is 3.41. The van der Waals surface area contributed by atoms with Gasteiger partial charge in [0.15, 0.2) is 0 Å². The van der Waals surface area contributed by atoms with Crippen LogP contribution in [0.15, 0.2) is 65.8 Å². The van der Waals surface area contributed by atoms with Gasteiger partial charge in [-0.3, -0.25) is 4.79 Å². The molecule has 0 bridgehead atoms. The van der Waals surface area contributed by atoms with Gasteiger partial charge in [-0.25, -0.2) is 0 Å². The zero-order chi connectivity index (χ0) is 22.9. The minimum absolute atomic E-state index is 0.103. The number of amides is 1. The molecule has 3 aromatic carbocycles. The zero-order valence-electron chi connectivity index (χ0n) is 18.7. The number of nitrogens with one attached hydrogen (secondary N) is 1. The van der Waals surface area contributed by atoms with Gasteiger partial charge in [0.1, 0.15) is 0 Å². The minimum atomic E-state index is -0.103. The first-order chi connectivity index (χ1) is 16.0. The van der Waals surface area contributed by atoms with Gasteiger partial charge < -0.3 is 9.88 Å². The highest BCUT2D eigenvalue weighted by molar-refractivity contribution is 7.99. The smallest absolute Gasteiger partial charge is 0.234 e. The summed E-state index contributed by atoms with van der Waals surface area (Å²) < 4.78 is 3.98. The Bertz CT molecular complexity index is 1490. The van der Waals surface area contributed by atoms with Gasteiger partial charge in [0.25, 0.3) is 0 Å². The maximum Gasteiger partial charge on any atom is 0.234 e. The summed E-state index contributed by atoms with van der Waals surface area (Å²) in [5.41, 5.74) is 6.26. The van der Waals surface area contributed by atoms with Crippen LogP contribution in [0.2, 0.25) is 0 Å². The molecule has 1 amide bonds. The summed E-state index contributed by atoms with van der Waals surface area (Å²) in [5.74, 6) is 0.106. The second-order valence-corrected chi connectivity index (χ2v) is 8.94. The molecular formula is C25H24N6OS. The lowest BCUT2D eigenvalue weighted by Gasteiger charge is -2.09. The number of fused-ring (bicyclic) bond motifs is 3. The number of thioether (sulfide) groups is 1. The Morgan fingerprint density at radius 1 is 1.00 bits per heavy atom. The van der Waals surface area contributed by atoms with Crippen molar-refractivity contribution in [1.29, 1.82) is 0 Å². The topological polar surface area (TPSA) is 77.6 Å². The zero-order valence-corrected chi connectivity index (χ0v) is 19.6. The fraction of sp³-hybridized carbons (Fsp3) is 0.200. The molecule has 8 heteroatoms. The molecular weight excluding hydrogens is 432 g/mol. The van der Waals surface area contributed by atoms with Gasteiger partial charge >= 0.3 is 0 Å². The van der Waals surface area contributed by atoms with Crippen LogP contribution in [-0.2, 0) is 11.3 Å². The molecule has 0 radical (unpaired) electrons. The summed E-state index contributed by atoms with van der Waals surface area (Å²) in [4.78, 5) is 12.7. The summed E-state index contributed by atoms with van der Waals surface area (Å²) in [6, 6.07) is 20.6. The van der Waals surface area contributed by atoms with E-state index in [2.05, 4.69) is 62.7 Å². The van der Waals surface area contributed by atoms with Crippen molar-refractivity contribution in [2.75, 3.05) is 11.1 Å². The van der Waals surface area contributed by atoms with E-state index in [-0.39, 0.29) is 11.7 Å². The first-order valence-electron chi connectivity index (χ1n) is 10.8. The minimum Gasteiger partial charge on any atom is -0.341 e. The number of hydrogen-bond acceptors (Lipinski definition) is 5. The first kappa shape index (κ1) is 21.2. The Morgan fingerprint density at radius 2 is 1.82 bits per heavy atom. The summed E-state index contributed by atoms with van der Waals surface area (Å²) in [6.45, 7) is 7.08. The van der Waals surface area contributed by atoms with Gasteiger partial charge in [-0.1, -0.05) is 42.1 Å². The van der Waals surface area contributed by atoms with Crippen molar-refractivity contribution in [3.63, 3.8) is 0 Å². The Kier molecular flexibility index (Phi) is 5.60. The largest absolute Gasteiger partial charge is 0.341 e. The molecule has 0 spiro atoms. The summed E-state index contributed by atoms with van der Waals surface area (Å²) >= 11 is 1.32. The van der Waals surface area contributed by atoms with Gasteiger partial charge in [-0.05, 0) is 72.7 Å². The van der Waals surface area contributed by atoms with Crippen LogP contribution in [0.3, 0.4) is 0 Å². The van der Waals surface area contributed by atoms with Crippen molar-refractivity contribution in [2.45, 2.75) is 32.5 Å². The van der Waals surface area contributed by atoms with Crippen molar-refractivity contribution in [3.8, 4) is 5.69 Å². The molecule has 0 saturated carbocycles. The molecule has 0 atom stereocenters. The van der Waals surface area contributed by atoms with Crippen LogP contribution in [0.5, 0.6) is 0 Å². The lowest BCUT2D eigenvalue weighted by molar-refractivity contribution is -0.113. The lowest BCUT2D eigenvalue weighted by atomic mass is 10.1. The van der Waals surface area contributed by atoms with Crippen LogP contribution < -0.4 is 5.32 Å². The molecule has 0 unspecified atom stereocenters. The number of aryl methyl sites for hydroxylation is 3. The molecule has 0 aliphatic heterocycles. The third-order valence-electron chi connectivity index (χ3n) is 5.74. The summed E-state index contributed by atoms with van der Waals surface area (Å²) in [6.07, 6.45) is 0. The number of para-hydroxylation sites is 1. The number of hydrogen-bond donors (Lipinski definition) is 1. The molecule has 1 N–H and O–H groups in total. The number of benzene rings is 3. The van der Waals surface area contributed by atoms with E-state index in [4.69, 9.17) is 0 Å². The van der Waals surface area contributed by atoms with Crippen molar-refractivity contribution in [3.05, 3.63) is 71.8 Å². The van der Waals surface area contributed by atoms with Crippen molar-refractivity contribution >= 4 is 45.2 Å². The maximum absolute atomic E-state index is 12.7. The van der Waals surface area contributed by atoms with Crippen molar-refractivity contribution in [2.24, 2.45) is 0 Å². The molecule has 5 aromatic rings. The third kappa shape index (κ3) is 3.98. The van der Waals surface area contributed by atoms with Crippen LogP contribution >= 0.6 is 11.8 Å². The molecule has 2 heterocycles. The number of nitrogens with zero attached hydrogens (tertiary/aromatic N) is 5. The molecule has 166 valence electrons. The second kappa shape index (κ2) is 8.71. The monoisotopic (exact) mass is 456 g/mol. The normalized spacial score (nSPS) is 11.4. The summed E-state index contributed by atoms with van der Waals surface area (Å²) in [7, 11) is 0.